The highest BCUT2D eigenvalue weighted by Crippen LogP contribution is 2.18. The van der Waals surface area contributed by atoms with E-state index in [1.807, 2.05) is 6.20 Å². The quantitative estimate of drug-likeness (QED) is 0.362. The van der Waals surface area contributed by atoms with E-state index in [0.717, 1.165) is 63.1 Å². The molecule has 0 amide bonds. The Morgan fingerprint density at radius 3 is 2.81 bits per heavy atom. The summed E-state index contributed by atoms with van der Waals surface area (Å²) in [6.45, 7) is 9.34. The molecular weight excluding hydrogens is 475 g/mol. The monoisotopic (exact) mass is 508 g/mol. The molecule has 8 heteroatoms. The average molecular weight is 508 g/mol. The van der Waals surface area contributed by atoms with Crippen LogP contribution in [-0.2, 0) is 16.0 Å². The highest BCUT2D eigenvalue weighted by Gasteiger charge is 2.23. The molecule has 0 radical (unpaired) electrons. The van der Waals surface area contributed by atoms with E-state index in [-0.39, 0.29) is 24.0 Å². The summed E-state index contributed by atoms with van der Waals surface area (Å²) < 4.78 is 11.9. The topological polar surface area (TPSA) is 59.0 Å². The molecule has 2 aliphatic heterocycles. The SMILES string of the molecule is CCNC(=NCc1ncc(C)s1)N1CCC(OCC2CCCCO2)CC1.I. The van der Waals surface area contributed by atoms with Crippen LogP contribution in [0.5, 0.6) is 0 Å². The smallest absolute Gasteiger partial charge is 0.194 e. The summed E-state index contributed by atoms with van der Waals surface area (Å²) >= 11 is 1.72. The largest absolute Gasteiger partial charge is 0.376 e. The van der Waals surface area contributed by atoms with Gasteiger partial charge in [-0.15, -0.1) is 35.3 Å². The summed E-state index contributed by atoms with van der Waals surface area (Å²) in [5.74, 6) is 0.995. The predicted molar refractivity (Wildman–Crippen MR) is 121 cm³/mol. The van der Waals surface area contributed by atoms with Gasteiger partial charge in [-0.05, 0) is 46.0 Å². The lowest BCUT2D eigenvalue weighted by Crippen LogP contribution is -2.47. The number of aromatic nitrogens is 1. The first kappa shape index (κ1) is 22.8. The molecule has 2 saturated heterocycles. The highest BCUT2D eigenvalue weighted by molar-refractivity contribution is 14.0. The number of aryl methyl sites for hydroxylation is 1. The summed E-state index contributed by atoms with van der Waals surface area (Å²) in [5.41, 5.74) is 0. The molecule has 2 aliphatic rings. The fourth-order valence-electron chi connectivity index (χ4n) is 3.46. The number of thiazole rings is 1. The first-order valence-electron chi connectivity index (χ1n) is 9.92. The maximum Gasteiger partial charge on any atom is 0.194 e. The fourth-order valence-corrected chi connectivity index (χ4v) is 4.17. The van der Waals surface area contributed by atoms with Crippen molar-refractivity contribution in [3.05, 3.63) is 16.1 Å². The maximum atomic E-state index is 6.12. The zero-order valence-electron chi connectivity index (χ0n) is 16.5. The maximum absolute atomic E-state index is 6.12. The van der Waals surface area contributed by atoms with Gasteiger partial charge in [0, 0.05) is 37.3 Å². The lowest BCUT2D eigenvalue weighted by molar-refractivity contribution is -0.0721. The van der Waals surface area contributed by atoms with Crippen LogP contribution in [0.4, 0.5) is 0 Å². The molecule has 0 saturated carbocycles. The van der Waals surface area contributed by atoms with E-state index in [2.05, 4.69) is 29.0 Å². The predicted octanol–water partition coefficient (Wildman–Crippen LogP) is 3.59. The molecule has 0 bridgehead atoms. The van der Waals surface area contributed by atoms with Crippen LogP contribution in [0.3, 0.4) is 0 Å². The molecule has 1 N–H and O–H groups in total. The van der Waals surface area contributed by atoms with E-state index >= 15 is 0 Å². The van der Waals surface area contributed by atoms with Crippen LogP contribution >= 0.6 is 35.3 Å². The van der Waals surface area contributed by atoms with Crippen molar-refractivity contribution in [3.63, 3.8) is 0 Å². The first-order chi connectivity index (χ1) is 12.7. The summed E-state index contributed by atoms with van der Waals surface area (Å²) in [5, 5.41) is 4.49. The average Bonchev–Trinajstić information content (AvgIpc) is 3.10. The molecule has 2 fully saturated rings. The van der Waals surface area contributed by atoms with Crippen LogP contribution in [0.25, 0.3) is 0 Å². The molecular formula is C19H33IN4O2S. The Balaban J connectivity index is 0.00000261. The summed E-state index contributed by atoms with van der Waals surface area (Å²) in [6, 6.07) is 0. The molecule has 154 valence electrons. The standard InChI is InChI=1S/C19H32N4O2S.HI/c1-3-20-19(22-13-18-21-12-15(2)26-18)23-9-7-16(8-10-23)25-14-17-6-4-5-11-24-17;/h12,16-17H,3-11,13-14H2,1-2H3,(H,20,22);1H. The third kappa shape index (κ3) is 7.47. The van der Waals surface area contributed by atoms with Crippen molar-refractivity contribution < 1.29 is 9.47 Å². The highest BCUT2D eigenvalue weighted by atomic mass is 127. The Hall–Kier alpha value is -0.450. The van der Waals surface area contributed by atoms with Gasteiger partial charge >= 0.3 is 0 Å². The number of hydrogen-bond donors (Lipinski definition) is 1. The summed E-state index contributed by atoms with van der Waals surface area (Å²) in [6.07, 6.45) is 8.29. The number of nitrogens with one attached hydrogen (secondary N) is 1. The number of likely N-dealkylation sites (tertiary alicyclic amines) is 1. The van der Waals surface area contributed by atoms with Crippen molar-refractivity contribution in [2.75, 3.05) is 32.8 Å². The van der Waals surface area contributed by atoms with Crippen LogP contribution in [0.15, 0.2) is 11.2 Å². The lowest BCUT2D eigenvalue weighted by Gasteiger charge is -2.35. The van der Waals surface area contributed by atoms with Gasteiger partial charge in [0.15, 0.2) is 5.96 Å². The van der Waals surface area contributed by atoms with Crippen molar-refractivity contribution >= 4 is 41.3 Å². The second kappa shape index (κ2) is 12.2. The number of guanidine groups is 1. The van der Waals surface area contributed by atoms with Crippen LogP contribution in [0, 0.1) is 6.92 Å². The second-order valence-corrected chi connectivity index (χ2v) is 8.36. The molecule has 1 aromatic rings. The van der Waals surface area contributed by atoms with Crippen molar-refractivity contribution in [1.29, 1.82) is 0 Å². The second-order valence-electron chi connectivity index (χ2n) is 7.04. The number of aliphatic imine (C=N–C) groups is 1. The van der Waals surface area contributed by atoms with E-state index in [4.69, 9.17) is 14.5 Å². The van der Waals surface area contributed by atoms with Gasteiger partial charge in [-0.3, -0.25) is 0 Å². The minimum absolute atomic E-state index is 0. The van der Waals surface area contributed by atoms with E-state index < -0.39 is 0 Å². The van der Waals surface area contributed by atoms with Gasteiger partial charge in [-0.25, -0.2) is 9.98 Å². The number of hydrogen-bond acceptors (Lipinski definition) is 5. The zero-order chi connectivity index (χ0) is 18.2. The molecule has 1 unspecified atom stereocenters. The molecule has 1 aromatic heterocycles. The van der Waals surface area contributed by atoms with E-state index in [9.17, 15) is 0 Å². The minimum atomic E-state index is 0. The molecule has 1 atom stereocenters. The Labute approximate surface area is 184 Å². The van der Waals surface area contributed by atoms with Crippen LogP contribution in [-0.4, -0.2) is 60.9 Å². The Bertz CT molecular complexity index is 570. The van der Waals surface area contributed by atoms with E-state index in [1.54, 1.807) is 11.3 Å². The molecule has 27 heavy (non-hydrogen) atoms. The Morgan fingerprint density at radius 1 is 1.37 bits per heavy atom. The summed E-state index contributed by atoms with van der Waals surface area (Å²) in [7, 11) is 0. The first-order valence-corrected chi connectivity index (χ1v) is 10.7. The minimum Gasteiger partial charge on any atom is -0.376 e. The third-order valence-corrected chi connectivity index (χ3v) is 5.80. The molecule has 6 nitrogen and oxygen atoms in total. The molecule has 3 heterocycles. The van der Waals surface area contributed by atoms with Crippen molar-refractivity contribution in [1.82, 2.24) is 15.2 Å². The van der Waals surface area contributed by atoms with Crippen LogP contribution in [0.1, 0.15) is 48.9 Å². The number of halogens is 1. The number of rotatable bonds is 6. The van der Waals surface area contributed by atoms with Crippen LogP contribution in [0.2, 0.25) is 0 Å². The van der Waals surface area contributed by atoms with Crippen molar-refractivity contribution in [2.45, 2.75) is 64.7 Å². The molecule has 0 spiro atoms. The number of piperidine rings is 1. The fraction of sp³-hybridized carbons (Fsp3) is 0.789. The molecule has 3 rings (SSSR count). The van der Waals surface area contributed by atoms with Crippen molar-refractivity contribution in [2.24, 2.45) is 4.99 Å². The van der Waals surface area contributed by atoms with Crippen molar-refractivity contribution in [3.8, 4) is 0 Å². The molecule has 0 aliphatic carbocycles. The van der Waals surface area contributed by atoms with E-state index in [0.29, 0.717) is 18.8 Å². The Morgan fingerprint density at radius 2 is 2.19 bits per heavy atom. The molecule has 0 aromatic carbocycles. The van der Waals surface area contributed by atoms with Gasteiger partial charge in [0.2, 0.25) is 0 Å². The normalized spacial score (nSPS) is 21.8. The van der Waals surface area contributed by atoms with Gasteiger partial charge in [0.05, 0.1) is 25.4 Å². The van der Waals surface area contributed by atoms with Gasteiger partial charge < -0.3 is 19.7 Å². The Kier molecular flexibility index (Phi) is 10.3. The lowest BCUT2D eigenvalue weighted by atomic mass is 10.1. The zero-order valence-corrected chi connectivity index (χ0v) is 19.6. The number of ether oxygens (including phenoxy) is 2. The van der Waals surface area contributed by atoms with E-state index in [1.165, 1.54) is 17.7 Å². The van der Waals surface area contributed by atoms with Gasteiger partial charge in [0.25, 0.3) is 0 Å². The third-order valence-electron chi connectivity index (χ3n) is 4.90. The van der Waals surface area contributed by atoms with Crippen LogP contribution < -0.4 is 5.32 Å². The number of nitrogens with zero attached hydrogens (tertiary/aromatic N) is 3. The van der Waals surface area contributed by atoms with Gasteiger partial charge in [-0.2, -0.15) is 0 Å². The van der Waals surface area contributed by atoms with Gasteiger partial charge in [0.1, 0.15) is 5.01 Å². The van der Waals surface area contributed by atoms with Gasteiger partial charge in [-0.1, -0.05) is 0 Å². The summed E-state index contributed by atoms with van der Waals surface area (Å²) in [4.78, 5) is 12.8.